The zero-order chi connectivity index (χ0) is 12.7. The Morgan fingerprint density at radius 3 is 1.60 bits per heavy atom. The Kier molecular flexibility index (Phi) is 24.4. The molecule has 15 heavy (non-hydrogen) atoms. The molecule has 0 aromatic heterocycles. The fraction of sp³-hybridized carbons (Fsp3) is 0.800. The van der Waals surface area contributed by atoms with Gasteiger partial charge in [0.1, 0.15) is 0 Å². The summed E-state index contributed by atoms with van der Waals surface area (Å²) in [5.41, 5.74) is 0. The fourth-order valence-corrected chi connectivity index (χ4v) is 2.06. The summed E-state index contributed by atoms with van der Waals surface area (Å²) in [6.45, 7) is 9.51. The second kappa shape index (κ2) is 18.7. The van der Waals surface area contributed by atoms with Gasteiger partial charge in [-0.15, -0.1) is 0 Å². The van der Waals surface area contributed by atoms with Crippen LogP contribution in [-0.4, -0.2) is 21.1 Å². The minimum absolute atomic E-state index is 0.241. The van der Waals surface area contributed by atoms with E-state index in [0.29, 0.717) is 0 Å². The lowest BCUT2D eigenvalue weighted by molar-refractivity contribution is -0.193. The molecule has 0 radical (unpaired) electrons. The van der Waals surface area contributed by atoms with Crippen LogP contribution in [0.3, 0.4) is 0 Å². The molecule has 4 nitrogen and oxygen atoms in total. The van der Waals surface area contributed by atoms with E-state index in [9.17, 15) is 0 Å². The molecule has 0 heterocycles. The zero-order valence-electron chi connectivity index (χ0n) is 9.91. The third-order valence-electron chi connectivity index (χ3n) is 1.93. The third-order valence-corrected chi connectivity index (χ3v) is 3.42. The van der Waals surface area contributed by atoms with Gasteiger partial charge in [0.05, 0.1) is 0 Å². The molecular formula is C10H20O4Si. The van der Waals surface area contributed by atoms with E-state index in [1.807, 2.05) is 0 Å². The Hall–Kier alpha value is -1.02. The summed E-state index contributed by atoms with van der Waals surface area (Å²) in [6.07, 6.45) is 3.33. The van der Waals surface area contributed by atoms with Gasteiger partial charge in [0.2, 0.25) is 0 Å². The van der Waals surface area contributed by atoms with Crippen LogP contribution in [0, 0.1) is 5.92 Å². The normalized spacial score (nSPS) is 9.67. The number of carbonyl (C=O) groups excluding carboxylic acids is 4. The predicted molar refractivity (Wildman–Crippen MR) is 57.8 cm³/mol. The highest BCUT2D eigenvalue weighted by Crippen LogP contribution is 2.11. The van der Waals surface area contributed by atoms with Crippen molar-refractivity contribution in [1.29, 1.82) is 0 Å². The zero-order valence-corrected chi connectivity index (χ0v) is 11.1. The summed E-state index contributed by atoms with van der Waals surface area (Å²) in [7, 11) is -0.241. The summed E-state index contributed by atoms with van der Waals surface area (Å²) in [4.78, 5) is 32.5. The molecule has 0 saturated heterocycles. The SMILES string of the molecule is CCC(C)CC[SiH](C)C.O=C=O.O=C=O. The van der Waals surface area contributed by atoms with E-state index >= 15 is 0 Å². The first-order valence-corrected chi connectivity index (χ1v) is 8.11. The van der Waals surface area contributed by atoms with Gasteiger partial charge in [-0.2, -0.15) is 19.2 Å². The maximum atomic E-state index is 8.12. The van der Waals surface area contributed by atoms with E-state index in [4.69, 9.17) is 19.2 Å². The average molecular weight is 232 g/mol. The van der Waals surface area contributed by atoms with Crippen molar-refractivity contribution in [2.45, 2.75) is 45.8 Å². The molecule has 0 aromatic rings. The quantitative estimate of drug-likeness (QED) is 0.692. The first-order valence-electron chi connectivity index (χ1n) is 4.98. The van der Waals surface area contributed by atoms with Crippen LogP contribution in [-0.2, 0) is 19.2 Å². The van der Waals surface area contributed by atoms with Crippen molar-refractivity contribution in [3.05, 3.63) is 0 Å². The Morgan fingerprint density at radius 1 is 1.07 bits per heavy atom. The highest BCUT2D eigenvalue weighted by atomic mass is 28.3. The number of hydrogen-bond acceptors (Lipinski definition) is 4. The lowest BCUT2D eigenvalue weighted by Gasteiger charge is -2.08. The molecule has 0 spiro atoms. The van der Waals surface area contributed by atoms with Crippen LogP contribution in [0.25, 0.3) is 0 Å². The average Bonchev–Trinajstić information content (AvgIpc) is 2.16. The van der Waals surface area contributed by atoms with Crippen molar-refractivity contribution in [2.75, 3.05) is 0 Å². The van der Waals surface area contributed by atoms with Gasteiger partial charge < -0.3 is 0 Å². The summed E-state index contributed by atoms with van der Waals surface area (Å²) in [5, 5.41) is 0. The molecule has 1 unspecified atom stereocenters. The first kappa shape index (κ1) is 19.5. The van der Waals surface area contributed by atoms with Gasteiger partial charge in [0.25, 0.3) is 0 Å². The Morgan fingerprint density at radius 2 is 1.40 bits per heavy atom. The van der Waals surface area contributed by atoms with E-state index < -0.39 is 0 Å². The lowest BCUT2D eigenvalue weighted by Crippen LogP contribution is -2.02. The summed E-state index contributed by atoms with van der Waals surface area (Å²) in [6, 6.07) is 1.54. The van der Waals surface area contributed by atoms with Crippen LogP contribution in [0.5, 0.6) is 0 Å². The minimum atomic E-state index is -0.241. The molecule has 0 aliphatic rings. The van der Waals surface area contributed by atoms with Crippen LogP contribution in [0.2, 0.25) is 19.1 Å². The monoisotopic (exact) mass is 232 g/mol. The Bertz CT molecular complexity index is 168. The van der Waals surface area contributed by atoms with E-state index in [2.05, 4.69) is 26.9 Å². The maximum Gasteiger partial charge on any atom is 0.373 e. The van der Waals surface area contributed by atoms with Gasteiger partial charge in [0.15, 0.2) is 0 Å². The summed E-state index contributed by atoms with van der Waals surface area (Å²) in [5.74, 6) is 0.972. The topological polar surface area (TPSA) is 68.3 Å². The van der Waals surface area contributed by atoms with E-state index in [1.165, 1.54) is 18.9 Å². The van der Waals surface area contributed by atoms with E-state index in [0.717, 1.165) is 5.92 Å². The Balaban J connectivity index is -0.000000200. The van der Waals surface area contributed by atoms with Crippen molar-refractivity contribution in [2.24, 2.45) is 5.92 Å². The van der Waals surface area contributed by atoms with Crippen LogP contribution in [0.4, 0.5) is 0 Å². The fourth-order valence-electron chi connectivity index (χ4n) is 0.822. The summed E-state index contributed by atoms with van der Waals surface area (Å²) >= 11 is 0. The molecule has 88 valence electrons. The molecule has 0 N–H and O–H groups in total. The molecule has 1 atom stereocenters. The number of hydrogen-bond donors (Lipinski definition) is 0. The van der Waals surface area contributed by atoms with Crippen LogP contribution in [0.15, 0.2) is 0 Å². The summed E-state index contributed by atoms with van der Waals surface area (Å²) < 4.78 is 0. The third kappa shape index (κ3) is 43.8. The van der Waals surface area contributed by atoms with Crippen LogP contribution in [0.1, 0.15) is 26.7 Å². The second-order valence-electron chi connectivity index (χ2n) is 3.65. The molecule has 0 saturated carbocycles. The van der Waals surface area contributed by atoms with Gasteiger partial charge in [-0.05, 0) is 5.92 Å². The molecule has 5 heteroatoms. The molecule has 0 aliphatic carbocycles. The Labute approximate surface area is 92.7 Å². The molecule has 0 bridgehead atoms. The largest absolute Gasteiger partial charge is 0.373 e. The first-order chi connectivity index (χ1) is 6.99. The molecule has 0 amide bonds. The smallest absolute Gasteiger partial charge is 0.186 e. The van der Waals surface area contributed by atoms with Crippen molar-refractivity contribution < 1.29 is 19.2 Å². The van der Waals surface area contributed by atoms with Gasteiger partial charge in [-0.3, -0.25) is 0 Å². The van der Waals surface area contributed by atoms with Crippen LogP contribution < -0.4 is 0 Å². The highest BCUT2D eigenvalue weighted by Gasteiger charge is 2.00. The second-order valence-corrected chi connectivity index (χ2v) is 7.02. The standard InChI is InChI=1S/C8H20Si.2CO2/c1-5-8(2)6-7-9(3)4;2*2-1-3/h8-9H,5-7H2,1-4H3;;. The van der Waals surface area contributed by atoms with Gasteiger partial charge in [0, 0.05) is 8.80 Å². The predicted octanol–water partition coefficient (Wildman–Crippen LogP) is 1.74. The van der Waals surface area contributed by atoms with E-state index in [-0.39, 0.29) is 21.1 Å². The molecule has 0 rings (SSSR count). The van der Waals surface area contributed by atoms with E-state index in [1.54, 1.807) is 0 Å². The molecule has 0 aliphatic heterocycles. The van der Waals surface area contributed by atoms with Gasteiger partial charge >= 0.3 is 12.3 Å². The van der Waals surface area contributed by atoms with Crippen molar-refractivity contribution >= 4 is 21.1 Å². The van der Waals surface area contributed by atoms with Crippen molar-refractivity contribution in [1.82, 2.24) is 0 Å². The molecular weight excluding hydrogens is 212 g/mol. The van der Waals surface area contributed by atoms with Crippen molar-refractivity contribution in [3.63, 3.8) is 0 Å². The van der Waals surface area contributed by atoms with Crippen molar-refractivity contribution in [3.8, 4) is 0 Å². The maximum absolute atomic E-state index is 8.12. The lowest BCUT2D eigenvalue weighted by atomic mass is 10.1. The molecule has 0 aromatic carbocycles. The highest BCUT2D eigenvalue weighted by molar-refractivity contribution is 6.55. The molecule has 0 fully saturated rings. The number of rotatable bonds is 4. The minimum Gasteiger partial charge on any atom is -0.186 e. The van der Waals surface area contributed by atoms with Gasteiger partial charge in [-0.1, -0.05) is 45.8 Å². The van der Waals surface area contributed by atoms with Crippen LogP contribution >= 0.6 is 0 Å². The van der Waals surface area contributed by atoms with Gasteiger partial charge in [-0.25, -0.2) is 0 Å².